The number of hydrogen-bond acceptors (Lipinski definition) is 5. The second-order valence-corrected chi connectivity index (χ2v) is 8.91. The maximum Gasteiger partial charge on any atom is 0.272 e. The van der Waals surface area contributed by atoms with Gasteiger partial charge in [-0.1, -0.05) is 29.8 Å². The van der Waals surface area contributed by atoms with Gasteiger partial charge in [0, 0.05) is 29.0 Å². The van der Waals surface area contributed by atoms with Crippen molar-refractivity contribution >= 4 is 50.1 Å². The molecule has 10 heteroatoms. The first-order valence-corrected chi connectivity index (χ1v) is 11.1. The zero-order valence-electron chi connectivity index (χ0n) is 16.6. The van der Waals surface area contributed by atoms with Gasteiger partial charge in [0.25, 0.3) is 15.9 Å². The van der Waals surface area contributed by atoms with Gasteiger partial charge >= 0.3 is 0 Å². The summed E-state index contributed by atoms with van der Waals surface area (Å²) in [7, 11) is -4.04. The highest BCUT2D eigenvalue weighted by atomic mass is 35.5. The Morgan fingerprint density at radius 3 is 2.45 bits per heavy atom. The molecule has 0 fully saturated rings. The molecule has 4 aromatic rings. The number of halogens is 1. The van der Waals surface area contributed by atoms with Crippen molar-refractivity contribution in [3.05, 3.63) is 76.7 Å². The zero-order chi connectivity index (χ0) is 22.2. The molecule has 2 aromatic heterocycles. The van der Waals surface area contributed by atoms with E-state index in [-0.39, 0.29) is 21.8 Å². The van der Waals surface area contributed by atoms with Crippen LogP contribution < -0.4 is 10.0 Å². The fourth-order valence-electron chi connectivity index (χ4n) is 3.22. The van der Waals surface area contributed by atoms with E-state index in [1.165, 1.54) is 18.5 Å². The van der Waals surface area contributed by atoms with E-state index >= 15 is 0 Å². The summed E-state index contributed by atoms with van der Waals surface area (Å²) in [5.41, 5.74) is 2.62. The molecule has 31 heavy (non-hydrogen) atoms. The van der Waals surface area contributed by atoms with Crippen LogP contribution in [0.3, 0.4) is 0 Å². The summed E-state index contributed by atoms with van der Waals surface area (Å²) in [6.45, 7) is 3.34. The number of benzene rings is 2. The minimum absolute atomic E-state index is 0.0292. The van der Waals surface area contributed by atoms with Crippen molar-refractivity contribution < 1.29 is 13.2 Å². The Morgan fingerprint density at radius 1 is 1.03 bits per heavy atom. The van der Waals surface area contributed by atoms with E-state index in [1.54, 1.807) is 26.0 Å². The highest BCUT2D eigenvalue weighted by Crippen LogP contribution is 2.34. The SMILES string of the molecule is Cc1c(NC(=O)c2cc3ccccc3[nH]2)cc(Cl)c(S(=O)(=O)Nc2ncccn2)c1C. The molecule has 0 unspecified atom stereocenters. The van der Waals surface area contributed by atoms with E-state index in [0.717, 1.165) is 10.9 Å². The predicted molar refractivity (Wildman–Crippen MR) is 120 cm³/mol. The lowest BCUT2D eigenvalue weighted by Gasteiger charge is -2.16. The van der Waals surface area contributed by atoms with Crippen molar-refractivity contribution in [2.24, 2.45) is 0 Å². The molecule has 0 aliphatic heterocycles. The number of fused-ring (bicyclic) bond motifs is 1. The van der Waals surface area contributed by atoms with Gasteiger partial charge in [-0.05, 0) is 49.2 Å². The number of anilines is 2. The molecule has 0 saturated carbocycles. The average Bonchev–Trinajstić information content (AvgIpc) is 3.16. The molecule has 3 N–H and O–H groups in total. The number of amides is 1. The molecular weight excluding hydrogens is 438 g/mol. The largest absolute Gasteiger partial charge is 0.351 e. The van der Waals surface area contributed by atoms with E-state index in [9.17, 15) is 13.2 Å². The van der Waals surface area contributed by atoms with E-state index in [2.05, 4.69) is 25.0 Å². The van der Waals surface area contributed by atoms with Crippen LogP contribution >= 0.6 is 11.6 Å². The first kappa shape index (κ1) is 20.8. The number of aromatic nitrogens is 3. The molecule has 0 radical (unpaired) electrons. The zero-order valence-corrected chi connectivity index (χ0v) is 18.2. The number of carbonyl (C=O) groups excluding carboxylic acids is 1. The van der Waals surface area contributed by atoms with Crippen molar-refractivity contribution in [1.82, 2.24) is 15.0 Å². The Kier molecular flexibility index (Phi) is 5.38. The third kappa shape index (κ3) is 4.10. The second kappa shape index (κ2) is 8.01. The number of H-pyrrole nitrogens is 1. The maximum atomic E-state index is 12.9. The van der Waals surface area contributed by atoms with Crippen LogP contribution in [-0.4, -0.2) is 29.3 Å². The normalized spacial score (nSPS) is 11.5. The summed E-state index contributed by atoms with van der Waals surface area (Å²) >= 11 is 6.33. The third-order valence-electron chi connectivity index (χ3n) is 4.88. The van der Waals surface area contributed by atoms with Gasteiger partial charge in [-0.15, -0.1) is 0 Å². The number of nitrogens with one attached hydrogen (secondary N) is 3. The Bertz CT molecular complexity index is 1370. The van der Waals surface area contributed by atoms with E-state index in [0.29, 0.717) is 22.5 Å². The van der Waals surface area contributed by atoms with E-state index in [4.69, 9.17) is 11.6 Å². The predicted octanol–water partition coefficient (Wildman–Crippen LogP) is 4.28. The Balaban J connectivity index is 1.65. The summed E-state index contributed by atoms with van der Waals surface area (Å²) in [5, 5.41) is 3.69. The highest BCUT2D eigenvalue weighted by molar-refractivity contribution is 7.92. The van der Waals surface area contributed by atoms with Gasteiger partial charge in [0.1, 0.15) is 10.6 Å². The minimum atomic E-state index is -4.04. The number of sulfonamides is 1. The molecule has 2 heterocycles. The van der Waals surface area contributed by atoms with E-state index in [1.807, 2.05) is 24.3 Å². The van der Waals surface area contributed by atoms with E-state index < -0.39 is 10.0 Å². The van der Waals surface area contributed by atoms with Crippen molar-refractivity contribution in [2.45, 2.75) is 18.7 Å². The quantitative estimate of drug-likeness (QED) is 0.415. The second-order valence-electron chi connectivity index (χ2n) is 6.89. The van der Waals surface area contributed by atoms with Gasteiger partial charge < -0.3 is 10.3 Å². The number of rotatable bonds is 5. The van der Waals surface area contributed by atoms with Crippen molar-refractivity contribution in [3.63, 3.8) is 0 Å². The summed E-state index contributed by atoms with van der Waals surface area (Å²) in [6.07, 6.45) is 2.85. The Morgan fingerprint density at radius 2 is 1.74 bits per heavy atom. The maximum absolute atomic E-state index is 12.9. The fourth-order valence-corrected chi connectivity index (χ4v) is 5.10. The van der Waals surface area contributed by atoms with Gasteiger partial charge in [-0.3, -0.25) is 4.79 Å². The molecule has 4 rings (SSSR count). The van der Waals surface area contributed by atoms with Crippen LogP contribution in [0.25, 0.3) is 10.9 Å². The molecule has 1 amide bonds. The average molecular weight is 456 g/mol. The molecule has 0 bridgehead atoms. The molecule has 0 spiro atoms. The number of carbonyl (C=O) groups is 1. The minimum Gasteiger partial charge on any atom is -0.351 e. The van der Waals surface area contributed by atoms with Crippen LogP contribution in [0.2, 0.25) is 5.02 Å². The van der Waals surface area contributed by atoms with Gasteiger partial charge in [-0.25, -0.2) is 23.1 Å². The molecule has 8 nitrogen and oxygen atoms in total. The molecule has 158 valence electrons. The third-order valence-corrected chi connectivity index (χ3v) is 6.80. The standard InChI is InChI=1S/C21H18ClN5O3S/c1-12-13(2)19(31(29,30)27-21-23-8-5-9-24-21)15(22)11-17(12)26-20(28)18-10-14-6-3-4-7-16(14)25-18/h3-11,25H,1-2H3,(H,26,28)(H,23,24,27). The highest BCUT2D eigenvalue weighted by Gasteiger charge is 2.25. The molecule has 0 atom stereocenters. The fraction of sp³-hybridized carbons (Fsp3) is 0.0952. The lowest BCUT2D eigenvalue weighted by molar-refractivity contribution is 0.102. The first-order chi connectivity index (χ1) is 14.8. The molecule has 0 saturated heterocycles. The summed E-state index contributed by atoms with van der Waals surface area (Å²) in [4.78, 5) is 23.5. The van der Waals surface area contributed by atoms with Crippen molar-refractivity contribution in [3.8, 4) is 0 Å². The number of hydrogen-bond donors (Lipinski definition) is 3. The number of para-hydroxylation sites is 1. The summed E-state index contributed by atoms with van der Waals surface area (Å²) in [5.74, 6) is -0.423. The molecule has 2 aromatic carbocycles. The van der Waals surface area contributed by atoms with Crippen LogP contribution in [-0.2, 0) is 10.0 Å². The Labute approximate surface area is 183 Å². The first-order valence-electron chi connectivity index (χ1n) is 9.25. The molecule has 0 aliphatic rings. The van der Waals surface area contributed by atoms with Crippen molar-refractivity contribution in [2.75, 3.05) is 10.0 Å². The monoisotopic (exact) mass is 455 g/mol. The van der Waals surface area contributed by atoms with Crippen LogP contribution in [0.15, 0.2) is 59.8 Å². The lowest BCUT2D eigenvalue weighted by atomic mass is 10.1. The van der Waals surface area contributed by atoms with Gasteiger partial charge in [0.15, 0.2) is 0 Å². The topological polar surface area (TPSA) is 117 Å². The smallest absolute Gasteiger partial charge is 0.272 e. The number of aromatic amines is 1. The van der Waals surface area contributed by atoms with Gasteiger partial charge in [0.2, 0.25) is 5.95 Å². The van der Waals surface area contributed by atoms with Crippen LogP contribution in [0.4, 0.5) is 11.6 Å². The Hall–Kier alpha value is -3.43. The lowest BCUT2D eigenvalue weighted by Crippen LogP contribution is -2.18. The van der Waals surface area contributed by atoms with Gasteiger partial charge in [0.05, 0.1) is 5.02 Å². The van der Waals surface area contributed by atoms with Crippen LogP contribution in [0, 0.1) is 13.8 Å². The number of nitrogens with zero attached hydrogens (tertiary/aromatic N) is 2. The van der Waals surface area contributed by atoms with Crippen LogP contribution in [0.1, 0.15) is 21.6 Å². The summed E-state index contributed by atoms with van der Waals surface area (Å²) in [6, 6.07) is 12.3. The summed E-state index contributed by atoms with van der Waals surface area (Å²) < 4.78 is 28.1. The molecular formula is C21H18ClN5O3S. The van der Waals surface area contributed by atoms with Gasteiger partial charge in [-0.2, -0.15) is 0 Å². The molecule has 0 aliphatic carbocycles. The van der Waals surface area contributed by atoms with Crippen molar-refractivity contribution in [1.29, 1.82) is 0 Å². The van der Waals surface area contributed by atoms with Crippen LogP contribution in [0.5, 0.6) is 0 Å².